The minimum absolute atomic E-state index is 0.0192. The molecule has 0 atom stereocenters. The van der Waals surface area contributed by atoms with Gasteiger partial charge in [0.2, 0.25) is 0 Å². The Kier molecular flexibility index (Phi) is 3.13. The lowest BCUT2D eigenvalue weighted by molar-refractivity contribution is 0.112. The van der Waals surface area contributed by atoms with Crippen LogP contribution < -0.4 is 4.90 Å². The largest absolute Gasteiger partial charge is 0.324 e. The van der Waals surface area contributed by atoms with Gasteiger partial charge in [-0.1, -0.05) is 12.1 Å². The Morgan fingerprint density at radius 2 is 1.94 bits per heavy atom. The molecule has 1 aliphatic rings. The van der Waals surface area contributed by atoms with Crippen LogP contribution in [0.25, 0.3) is 0 Å². The molecule has 0 aromatic heterocycles. The number of amides is 2. The van der Waals surface area contributed by atoms with E-state index in [1.165, 1.54) is 0 Å². The van der Waals surface area contributed by atoms with E-state index in [-0.39, 0.29) is 12.1 Å². The molecule has 0 spiro atoms. The highest BCUT2D eigenvalue weighted by molar-refractivity contribution is 5.99. The molecule has 1 fully saturated rings. The monoisotopic (exact) mass is 232 g/mol. The Hall–Kier alpha value is -1.84. The fourth-order valence-corrected chi connectivity index (χ4v) is 2.09. The summed E-state index contributed by atoms with van der Waals surface area (Å²) in [5, 5.41) is 0. The molecular weight excluding hydrogens is 216 g/mol. The third-order valence-electron chi connectivity index (χ3n) is 3.02. The molecule has 0 aliphatic carbocycles. The molecule has 2 amide bonds. The third kappa shape index (κ3) is 2.02. The fraction of sp³-hybridized carbons (Fsp3) is 0.385. The summed E-state index contributed by atoms with van der Waals surface area (Å²) < 4.78 is 0. The lowest BCUT2D eigenvalue weighted by atomic mass is 10.2. The van der Waals surface area contributed by atoms with Gasteiger partial charge < -0.3 is 4.90 Å². The van der Waals surface area contributed by atoms with Crippen molar-refractivity contribution in [1.82, 2.24) is 4.90 Å². The standard InChI is InChI=1S/C13H16N2O2/c1-10(2)14-7-8-15(13(14)17)12-6-4-3-5-11(12)9-16/h3-6,9-10H,7-8H2,1-2H3. The number of benzene rings is 1. The molecule has 1 saturated heterocycles. The molecular formula is C13H16N2O2. The molecule has 1 aromatic rings. The van der Waals surface area contributed by atoms with Gasteiger partial charge in [0.05, 0.1) is 5.69 Å². The van der Waals surface area contributed by atoms with Crippen molar-refractivity contribution in [2.24, 2.45) is 0 Å². The van der Waals surface area contributed by atoms with E-state index in [1.807, 2.05) is 30.9 Å². The van der Waals surface area contributed by atoms with Crippen molar-refractivity contribution in [3.05, 3.63) is 29.8 Å². The van der Waals surface area contributed by atoms with E-state index in [0.717, 1.165) is 6.29 Å². The number of nitrogens with zero attached hydrogens (tertiary/aromatic N) is 2. The quantitative estimate of drug-likeness (QED) is 0.749. The lowest BCUT2D eigenvalue weighted by Crippen LogP contribution is -2.36. The molecule has 0 radical (unpaired) electrons. The Labute approximate surface area is 101 Å². The van der Waals surface area contributed by atoms with Crippen molar-refractivity contribution < 1.29 is 9.59 Å². The van der Waals surface area contributed by atoms with E-state index in [1.54, 1.807) is 17.0 Å². The van der Waals surface area contributed by atoms with Crippen LogP contribution in [-0.2, 0) is 0 Å². The summed E-state index contributed by atoms with van der Waals surface area (Å²) in [7, 11) is 0. The van der Waals surface area contributed by atoms with Gasteiger partial charge in [0.1, 0.15) is 0 Å². The van der Waals surface area contributed by atoms with Gasteiger partial charge in [-0.2, -0.15) is 0 Å². The van der Waals surface area contributed by atoms with E-state index < -0.39 is 0 Å². The number of carbonyl (C=O) groups is 2. The average molecular weight is 232 g/mol. The van der Waals surface area contributed by atoms with Crippen molar-refractivity contribution in [3.63, 3.8) is 0 Å². The Bertz CT molecular complexity index is 443. The second-order valence-corrected chi connectivity index (χ2v) is 4.40. The second-order valence-electron chi connectivity index (χ2n) is 4.40. The van der Waals surface area contributed by atoms with Crippen molar-refractivity contribution in [1.29, 1.82) is 0 Å². The van der Waals surface area contributed by atoms with Crippen molar-refractivity contribution in [2.45, 2.75) is 19.9 Å². The number of rotatable bonds is 3. The van der Waals surface area contributed by atoms with Crippen LogP contribution in [0, 0.1) is 0 Å². The zero-order valence-corrected chi connectivity index (χ0v) is 10.1. The van der Waals surface area contributed by atoms with Crippen LogP contribution in [-0.4, -0.2) is 36.3 Å². The molecule has 0 N–H and O–H groups in total. The SMILES string of the molecule is CC(C)N1CCN(c2ccccc2C=O)C1=O. The van der Waals surface area contributed by atoms with Crippen LogP contribution in [0.1, 0.15) is 24.2 Å². The average Bonchev–Trinajstić information content (AvgIpc) is 2.71. The number of urea groups is 1. The second kappa shape index (κ2) is 4.57. The normalized spacial score (nSPS) is 15.8. The summed E-state index contributed by atoms with van der Waals surface area (Å²) in [5.74, 6) is 0. The zero-order chi connectivity index (χ0) is 12.4. The molecule has 0 bridgehead atoms. The van der Waals surface area contributed by atoms with Crippen LogP contribution in [0.3, 0.4) is 0 Å². The highest BCUT2D eigenvalue weighted by Crippen LogP contribution is 2.24. The summed E-state index contributed by atoms with van der Waals surface area (Å²) in [4.78, 5) is 26.6. The van der Waals surface area contributed by atoms with Crippen LogP contribution >= 0.6 is 0 Å². The number of aldehydes is 1. The molecule has 4 heteroatoms. The molecule has 17 heavy (non-hydrogen) atoms. The van der Waals surface area contributed by atoms with E-state index in [9.17, 15) is 9.59 Å². The van der Waals surface area contributed by atoms with E-state index in [4.69, 9.17) is 0 Å². The van der Waals surface area contributed by atoms with Gasteiger partial charge in [0.15, 0.2) is 6.29 Å². The number of carbonyl (C=O) groups excluding carboxylic acids is 2. The van der Waals surface area contributed by atoms with Crippen molar-refractivity contribution in [3.8, 4) is 0 Å². The molecule has 0 unspecified atom stereocenters. The number of hydrogen-bond acceptors (Lipinski definition) is 2. The maximum atomic E-state index is 12.2. The highest BCUT2D eigenvalue weighted by Gasteiger charge is 2.31. The van der Waals surface area contributed by atoms with Gasteiger partial charge in [0.25, 0.3) is 0 Å². The minimum Gasteiger partial charge on any atom is -0.320 e. The zero-order valence-electron chi connectivity index (χ0n) is 10.1. The van der Waals surface area contributed by atoms with E-state index in [0.29, 0.717) is 24.3 Å². The van der Waals surface area contributed by atoms with Crippen molar-refractivity contribution >= 4 is 18.0 Å². The summed E-state index contributed by atoms with van der Waals surface area (Å²) >= 11 is 0. The predicted octanol–water partition coefficient (Wildman–Crippen LogP) is 2.15. The van der Waals surface area contributed by atoms with Gasteiger partial charge in [-0.25, -0.2) is 4.79 Å². The molecule has 1 aromatic carbocycles. The maximum Gasteiger partial charge on any atom is 0.324 e. The molecule has 90 valence electrons. The number of para-hydroxylation sites is 1. The Morgan fingerprint density at radius 3 is 2.53 bits per heavy atom. The number of anilines is 1. The fourth-order valence-electron chi connectivity index (χ4n) is 2.09. The maximum absolute atomic E-state index is 12.2. The predicted molar refractivity (Wildman–Crippen MR) is 66.4 cm³/mol. The minimum atomic E-state index is -0.0192. The first kappa shape index (κ1) is 11.6. The van der Waals surface area contributed by atoms with Gasteiger partial charge >= 0.3 is 6.03 Å². The van der Waals surface area contributed by atoms with Crippen molar-refractivity contribution in [2.75, 3.05) is 18.0 Å². The molecule has 4 nitrogen and oxygen atoms in total. The van der Waals surface area contributed by atoms with Gasteiger partial charge in [-0.05, 0) is 26.0 Å². The molecule has 0 saturated carbocycles. The summed E-state index contributed by atoms with van der Waals surface area (Å²) in [6.45, 7) is 5.34. The van der Waals surface area contributed by atoms with Crippen LogP contribution in [0.2, 0.25) is 0 Å². The van der Waals surface area contributed by atoms with Gasteiger partial charge in [-0.3, -0.25) is 9.69 Å². The number of hydrogen-bond donors (Lipinski definition) is 0. The molecule has 1 aliphatic heterocycles. The Balaban J connectivity index is 2.30. The summed E-state index contributed by atoms with van der Waals surface area (Å²) in [6.07, 6.45) is 0.792. The van der Waals surface area contributed by atoms with Gasteiger partial charge in [-0.15, -0.1) is 0 Å². The third-order valence-corrected chi connectivity index (χ3v) is 3.02. The highest BCUT2D eigenvalue weighted by atomic mass is 16.2. The van der Waals surface area contributed by atoms with E-state index >= 15 is 0 Å². The smallest absolute Gasteiger partial charge is 0.320 e. The first-order valence-corrected chi connectivity index (χ1v) is 5.77. The molecule has 1 heterocycles. The summed E-state index contributed by atoms with van der Waals surface area (Å²) in [6, 6.07) is 7.35. The van der Waals surface area contributed by atoms with Crippen LogP contribution in [0.15, 0.2) is 24.3 Å². The van der Waals surface area contributed by atoms with Crippen LogP contribution in [0.4, 0.5) is 10.5 Å². The molecule has 2 rings (SSSR count). The lowest BCUT2D eigenvalue weighted by Gasteiger charge is -2.22. The first-order valence-electron chi connectivity index (χ1n) is 5.77. The van der Waals surface area contributed by atoms with Gasteiger partial charge in [0, 0.05) is 24.7 Å². The summed E-state index contributed by atoms with van der Waals surface area (Å²) in [5.41, 5.74) is 1.27. The Morgan fingerprint density at radius 1 is 1.24 bits per heavy atom. The van der Waals surface area contributed by atoms with Crippen LogP contribution in [0.5, 0.6) is 0 Å². The topological polar surface area (TPSA) is 40.6 Å². The van der Waals surface area contributed by atoms with E-state index in [2.05, 4.69) is 0 Å². The first-order chi connectivity index (χ1) is 8.15.